The van der Waals surface area contributed by atoms with Crippen molar-refractivity contribution in [3.63, 3.8) is 0 Å². The van der Waals surface area contributed by atoms with Gasteiger partial charge in [0.05, 0.1) is 6.04 Å². The van der Waals surface area contributed by atoms with Gasteiger partial charge in [0.2, 0.25) is 0 Å². The molecule has 0 radical (unpaired) electrons. The number of thiophene rings is 1. The van der Waals surface area contributed by atoms with Gasteiger partial charge in [-0.3, -0.25) is 14.9 Å². The van der Waals surface area contributed by atoms with Gasteiger partial charge in [0, 0.05) is 16.6 Å². The monoisotopic (exact) mass is 510 g/mol. The molecule has 4 aromatic rings. The molecule has 0 aliphatic carbocycles. The van der Waals surface area contributed by atoms with E-state index >= 15 is 0 Å². The number of halogens is 2. The zero-order valence-electron chi connectivity index (χ0n) is 20.7. The lowest BCUT2D eigenvalue weighted by molar-refractivity contribution is 0.128. The van der Waals surface area contributed by atoms with Crippen molar-refractivity contribution in [2.45, 2.75) is 52.3 Å². The lowest BCUT2D eigenvalue weighted by Gasteiger charge is -2.25. The molecule has 3 aromatic carbocycles. The second-order valence-electron chi connectivity index (χ2n) is 9.85. The Kier molecular flexibility index (Phi) is 7.11. The van der Waals surface area contributed by atoms with E-state index in [9.17, 15) is 18.4 Å². The van der Waals surface area contributed by atoms with E-state index < -0.39 is 28.1 Å². The molecule has 1 aromatic heterocycles. The van der Waals surface area contributed by atoms with E-state index in [-0.39, 0.29) is 23.5 Å². The van der Waals surface area contributed by atoms with Gasteiger partial charge in [-0.15, -0.1) is 11.3 Å². The first-order valence-corrected chi connectivity index (χ1v) is 12.5. The van der Waals surface area contributed by atoms with Crippen LogP contribution < -0.4 is 26.2 Å². The van der Waals surface area contributed by atoms with Crippen LogP contribution in [0.1, 0.15) is 61.3 Å². The molecule has 0 fully saturated rings. The minimum Gasteiger partial charge on any atom is -0.482 e. The molecule has 4 rings (SSSR count). The molecule has 2 N–H and O–H groups in total. The number of hydrogen-bond acceptors (Lipinski definition) is 6. The fourth-order valence-corrected chi connectivity index (χ4v) is 4.89. The smallest absolute Gasteiger partial charge is 0.272 e. The maximum Gasteiger partial charge on any atom is 0.272 e. The molecule has 1 heterocycles. The lowest BCUT2D eigenvalue weighted by Crippen LogP contribution is -2.39. The summed E-state index contributed by atoms with van der Waals surface area (Å²) in [6.07, 6.45) is 0. The van der Waals surface area contributed by atoms with Crippen LogP contribution in [0.2, 0.25) is 0 Å². The summed E-state index contributed by atoms with van der Waals surface area (Å²) in [5.41, 5.74) is 1.51. The van der Waals surface area contributed by atoms with Gasteiger partial charge in [0.1, 0.15) is 11.3 Å². The van der Waals surface area contributed by atoms with Gasteiger partial charge < -0.3 is 10.1 Å². The van der Waals surface area contributed by atoms with Crippen LogP contribution in [0, 0.1) is 18.6 Å². The van der Waals surface area contributed by atoms with Crippen molar-refractivity contribution < 1.29 is 13.5 Å². The van der Waals surface area contributed by atoms with Gasteiger partial charge in [-0.05, 0) is 87.0 Å². The van der Waals surface area contributed by atoms with Crippen LogP contribution in [0.25, 0.3) is 0 Å². The molecule has 2 atom stereocenters. The van der Waals surface area contributed by atoms with Crippen LogP contribution in [0.4, 0.5) is 20.2 Å². The standard InChI is InChI=1S/C28H28F2N2O3S/c1-15-11-22(36-14-15)23(31-16(2)17-9-10-20(29)21(30)13-17)18-7-6-8-19(12-18)32-24-25(33)26(34)27(24)35-28(3,4)5/h6-14,16,23,31-32H,1-5H3. The predicted octanol–water partition coefficient (Wildman–Crippen LogP) is 6.29. The van der Waals surface area contributed by atoms with Crippen LogP contribution in [-0.4, -0.2) is 5.60 Å². The number of anilines is 2. The van der Waals surface area contributed by atoms with E-state index in [1.165, 1.54) is 6.07 Å². The fourth-order valence-electron chi connectivity index (χ4n) is 3.90. The number of hydrogen-bond donors (Lipinski definition) is 2. The topological polar surface area (TPSA) is 67.4 Å². The first-order valence-electron chi connectivity index (χ1n) is 11.6. The van der Waals surface area contributed by atoms with Crippen molar-refractivity contribution in [1.82, 2.24) is 5.32 Å². The van der Waals surface area contributed by atoms with Crippen molar-refractivity contribution in [3.8, 4) is 5.75 Å². The van der Waals surface area contributed by atoms with Crippen molar-refractivity contribution in [3.05, 3.63) is 108 Å². The summed E-state index contributed by atoms with van der Waals surface area (Å²) >= 11 is 1.59. The van der Waals surface area contributed by atoms with E-state index in [0.717, 1.165) is 22.1 Å². The van der Waals surface area contributed by atoms with Crippen molar-refractivity contribution in [2.24, 2.45) is 0 Å². The SMILES string of the molecule is Cc1csc(C(NC(C)c2ccc(F)c(F)c2)c2cccc(Nc3c(OC(C)(C)C)c(=O)c3=O)c2)c1. The summed E-state index contributed by atoms with van der Waals surface area (Å²) in [5, 5.41) is 8.63. The third-order valence-corrected chi connectivity index (χ3v) is 6.78. The second-order valence-corrected chi connectivity index (χ2v) is 10.8. The van der Waals surface area contributed by atoms with Gasteiger partial charge in [-0.1, -0.05) is 18.2 Å². The molecule has 0 amide bonds. The molecule has 0 saturated carbocycles. The first-order chi connectivity index (χ1) is 16.9. The van der Waals surface area contributed by atoms with Crippen LogP contribution in [0.3, 0.4) is 0 Å². The molecule has 0 spiro atoms. The van der Waals surface area contributed by atoms with Gasteiger partial charge in [-0.2, -0.15) is 0 Å². The number of rotatable bonds is 8. The average molecular weight is 511 g/mol. The molecular formula is C28H28F2N2O3S. The minimum atomic E-state index is -0.892. The highest BCUT2D eigenvalue weighted by molar-refractivity contribution is 7.10. The largest absolute Gasteiger partial charge is 0.482 e. The molecule has 0 saturated heterocycles. The predicted molar refractivity (Wildman–Crippen MR) is 140 cm³/mol. The molecule has 8 heteroatoms. The van der Waals surface area contributed by atoms with Crippen LogP contribution in [-0.2, 0) is 0 Å². The second kappa shape index (κ2) is 9.95. The molecular weight excluding hydrogens is 482 g/mol. The maximum atomic E-state index is 13.9. The van der Waals surface area contributed by atoms with Crippen molar-refractivity contribution in [1.29, 1.82) is 0 Å². The Bertz CT molecular complexity index is 1460. The minimum absolute atomic E-state index is 0.0356. The summed E-state index contributed by atoms with van der Waals surface area (Å²) in [6.45, 7) is 9.32. The Morgan fingerprint density at radius 2 is 1.69 bits per heavy atom. The average Bonchev–Trinajstić information content (AvgIpc) is 3.26. The highest BCUT2D eigenvalue weighted by Gasteiger charge is 2.27. The third-order valence-electron chi connectivity index (χ3n) is 5.66. The Morgan fingerprint density at radius 3 is 2.33 bits per heavy atom. The molecule has 0 bridgehead atoms. The van der Waals surface area contributed by atoms with Gasteiger partial charge in [-0.25, -0.2) is 8.78 Å². The van der Waals surface area contributed by atoms with E-state index in [1.54, 1.807) is 23.5 Å². The van der Waals surface area contributed by atoms with Crippen LogP contribution in [0.15, 0.2) is 63.5 Å². The van der Waals surface area contributed by atoms with E-state index in [1.807, 2.05) is 58.2 Å². The zero-order valence-corrected chi connectivity index (χ0v) is 21.6. The van der Waals surface area contributed by atoms with Crippen molar-refractivity contribution in [2.75, 3.05) is 5.32 Å². The molecule has 2 unspecified atom stereocenters. The zero-order chi connectivity index (χ0) is 26.2. The van der Waals surface area contributed by atoms with E-state index in [4.69, 9.17) is 4.74 Å². The normalized spacial score (nSPS) is 13.5. The molecule has 5 nitrogen and oxygen atoms in total. The van der Waals surface area contributed by atoms with E-state index in [2.05, 4.69) is 16.7 Å². The van der Waals surface area contributed by atoms with Gasteiger partial charge >= 0.3 is 0 Å². The van der Waals surface area contributed by atoms with Crippen LogP contribution >= 0.6 is 11.3 Å². The number of ether oxygens (including phenoxy) is 1. The van der Waals surface area contributed by atoms with E-state index in [0.29, 0.717) is 11.3 Å². The van der Waals surface area contributed by atoms with Crippen molar-refractivity contribution >= 4 is 22.7 Å². The Hall–Kier alpha value is -3.36. The Balaban J connectivity index is 1.65. The first kappa shape index (κ1) is 25.7. The summed E-state index contributed by atoms with van der Waals surface area (Å²) in [4.78, 5) is 25.4. The molecule has 188 valence electrons. The Morgan fingerprint density at radius 1 is 0.944 bits per heavy atom. The quantitative estimate of drug-likeness (QED) is 0.273. The molecule has 0 aliphatic heterocycles. The highest BCUT2D eigenvalue weighted by atomic mass is 32.1. The third kappa shape index (κ3) is 5.55. The number of aryl methyl sites for hydroxylation is 1. The maximum absolute atomic E-state index is 13.9. The summed E-state index contributed by atoms with van der Waals surface area (Å²) in [6, 6.07) is 12.9. The fraction of sp³-hybridized carbons (Fsp3) is 0.286. The van der Waals surface area contributed by atoms with Gasteiger partial charge in [0.15, 0.2) is 17.4 Å². The molecule has 36 heavy (non-hydrogen) atoms. The number of nitrogens with one attached hydrogen (secondary N) is 2. The summed E-state index contributed by atoms with van der Waals surface area (Å²) in [7, 11) is 0. The van der Waals surface area contributed by atoms with Crippen LogP contribution in [0.5, 0.6) is 5.75 Å². The summed E-state index contributed by atoms with van der Waals surface area (Å²) < 4.78 is 33.0. The van der Waals surface area contributed by atoms with Gasteiger partial charge in [0.25, 0.3) is 10.9 Å². The molecule has 0 aliphatic rings. The highest BCUT2D eigenvalue weighted by Crippen LogP contribution is 2.33. The lowest BCUT2D eigenvalue weighted by atomic mass is 10.0. The number of benzene rings is 2. The summed E-state index contributed by atoms with van der Waals surface area (Å²) in [5.74, 6) is -1.74. The Labute approximate surface area is 212 Å².